The van der Waals surface area contributed by atoms with Crippen LogP contribution in [0.3, 0.4) is 0 Å². The molecule has 0 amide bonds. The highest BCUT2D eigenvalue weighted by molar-refractivity contribution is 5.75. The minimum Gasteiger partial charge on any atom is -0.330 e. The lowest BCUT2D eigenvalue weighted by Crippen LogP contribution is -2.19. The van der Waals surface area contributed by atoms with E-state index in [-0.39, 0.29) is 0 Å². The van der Waals surface area contributed by atoms with Crippen molar-refractivity contribution < 1.29 is 0 Å². The Kier molecular flexibility index (Phi) is 3.74. The molecule has 4 nitrogen and oxygen atoms in total. The summed E-state index contributed by atoms with van der Waals surface area (Å²) in [5.74, 6) is 1.06. The molecule has 0 unspecified atom stereocenters. The highest BCUT2D eigenvalue weighted by Gasteiger charge is 2.05. The van der Waals surface area contributed by atoms with Gasteiger partial charge in [-0.25, -0.2) is 4.98 Å². The molecule has 0 atom stereocenters. The molecule has 1 aromatic carbocycles. The normalized spacial score (nSPS) is 11.1. The van der Waals surface area contributed by atoms with Gasteiger partial charge in [0.25, 0.3) is 0 Å². The Hall–Kier alpha value is -2.20. The van der Waals surface area contributed by atoms with E-state index in [9.17, 15) is 0 Å². The average molecular weight is 266 g/mol. The molecule has 0 saturated heterocycles. The van der Waals surface area contributed by atoms with E-state index in [4.69, 9.17) is 0 Å². The molecule has 0 spiro atoms. The number of para-hydroxylation sites is 2. The maximum Gasteiger partial charge on any atom is 0.123 e. The molecule has 1 N–H and O–H groups in total. The van der Waals surface area contributed by atoms with Crippen LogP contribution in [0.25, 0.3) is 11.0 Å². The Morgan fingerprint density at radius 2 is 1.95 bits per heavy atom. The summed E-state index contributed by atoms with van der Waals surface area (Å²) in [5.41, 5.74) is 3.34. The van der Waals surface area contributed by atoms with Crippen molar-refractivity contribution in [3.63, 3.8) is 0 Å². The van der Waals surface area contributed by atoms with Crippen molar-refractivity contribution in [2.75, 3.05) is 6.54 Å². The van der Waals surface area contributed by atoms with Gasteiger partial charge in [-0.1, -0.05) is 18.2 Å². The topological polar surface area (TPSA) is 42.7 Å². The summed E-state index contributed by atoms with van der Waals surface area (Å²) < 4.78 is 2.14. The van der Waals surface area contributed by atoms with E-state index < -0.39 is 0 Å². The number of imidazole rings is 1. The van der Waals surface area contributed by atoms with E-state index in [1.54, 1.807) is 0 Å². The van der Waals surface area contributed by atoms with Crippen LogP contribution in [0.15, 0.2) is 48.7 Å². The van der Waals surface area contributed by atoms with Crippen molar-refractivity contribution in [3.8, 4) is 0 Å². The fraction of sp³-hybridized carbons (Fsp3) is 0.250. The van der Waals surface area contributed by atoms with Gasteiger partial charge in [-0.3, -0.25) is 4.98 Å². The fourth-order valence-corrected chi connectivity index (χ4v) is 2.32. The van der Waals surface area contributed by atoms with Crippen LogP contribution in [0, 0.1) is 0 Å². The molecule has 2 heterocycles. The largest absolute Gasteiger partial charge is 0.330 e. The number of aryl methyl sites for hydroxylation is 1. The van der Waals surface area contributed by atoms with Gasteiger partial charge in [0.2, 0.25) is 0 Å². The first-order chi connectivity index (χ1) is 9.84. The lowest BCUT2D eigenvalue weighted by atomic mass is 10.3. The maximum atomic E-state index is 4.64. The third-order valence-electron chi connectivity index (χ3n) is 3.45. The van der Waals surface area contributed by atoms with Crippen molar-refractivity contribution in [1.82, 2.24) is 19.9 Å². The van der Waals surface area contributed by atoms with Crippen molar-refractivity contribution in [3.05, 3.63) is 60.2 Å². The lowest BCUT2D eigenvalue weighted by Gasteiger charge is -2.05. The van der Waals surface area contributed by atoms with E-state index in [0.717, 1.165) is 36.5 Å². The second-order valence-electron chi connectivity index (χ2n) is 4.82. The molecule has 0 radical (unpaired) electrons. The first-order valence-corrected chi connectivity index (χ1v) is 6.85. The van der Waals surface area contributed by atoms with E-state index in [0.29, 0.717) is 0 Å². The zero-order valence-electron chi connectivity index (χ0n) is 11.6. The van der Waals surface area contributed by atoms with Crippen LogP contribution < -0.4 is 5.32 Å². The predicted molar refractivity (Wildman–Crippen MR) is 80.4 cm³/mol. The SMILES string of the molecule is Cn1c(CNCCc2ccccn2)nc2ccccc21. The molecule has 0 aliphatic carbocycles. The van der Waals surface area contributed by atoms with Crippen molar-refractivity contribution in [2.45, 2.75) is 13.0 Å². The molecule has 0 aliphatic heterocycles. The standard InChI is InChI=1S/C16H18N4/c1-20-15-8-3-2-7-14(15)19-16(20)12-17-11-9-13-6-4-5-10-18-13/h2-8,10,17H,9,11-12H2,1H3. The molecule has 3 aromatic rings. The average Bonchev–Trinajstić information content (AvgIpc) is 2.82. The number of nitrogens with zero attached hydrogens (tertiary/aromatic N) is 3. The van der Waals surface area contributed by atoms with Gasteiger partial charge in [-0.05, 0) is 24.3 Å². The van der Waals surface area contributed by atoms with E-state index >= 15 is 0 Å². The van der Waals surface area contributed by atoms with Crippen LogP contribution in [0.1, 0.15) is 11.5 Å². The number of nitrogens with one attached hydrogen (secondary N) is 1. The third-order valence-corrected chi connectivity index (χ3v) is 3.45. The summed E-state index contributed by atoms with van der Waals surface area (Å²) >= 11 is 0. The van der Waals surface area contributed by atoms with Crippen LogP contribution in [0.4, 0.5) is 0 Å². The van der Waals surface area contributed by atoms with Crippen molar-refractivity contribution in [2.24, 2.45) is 7.05 Å². The molecule has 20 heavy (non-hydrogen) atoms. The number of fused-ring (bicyclic) bond motifs is 1. The fourth-order valence-electron chi connectivity index (χ4n) is 2.32. The van der Waals surface area contributed by atoms with E-state index in [1.807, 2.05) is 36.5 Å². The molecule has 0 fully saturated rings. The summed E-state index contributed by atoms with van der Waals surface area (Å²) in [6, 6.07) is 14.2. The Morgan fingerprint density at radius 3 is 2.75 bits per heavy atom. The summed E-state index contributed by atoms with van der Waals surface area (Å²) in [5, 5.41) is 3.43. The quantitative estimate of drug-likeness (QED) is 0.721. The Morgan fingerprint density at radius 1 is 1.10 bits per heavy atom. The molecular weight excluding hydrogens is 248 g/mol. The van der Waals surface area contributed by atoms with Crippen LogP contribution in [0.2, 0.25) is 0 Å². The number of benzene rings is 1. The summed E-state index contributed by atoms with van der Waals surface area (Å²) in [6.45, 7) is 1.68. The second-order valence-corrected chi connectivity index (χ2v) is 4.82. The summed E-state index contributed by atoms with van der Waals surface area (Å²) in [6.07, 6.45) is 2.77. The van der Waals surface area contributed by atoms with Crippen LogP contribution in [-0.2, 0) is 20.0 Å². The van der Waals surface area contributed by atoms with Gasteiger partial charge in [0, 0.05) is 31.9 Å². The number of rotatable bonds is 5. The van der Waals surface area contributed by atoms with Crippen molar-refractivity contribution in [1.29, 1.82) is 0 Å². The van der Waals surface area contributed by atoms with Gasteiger partial charge < -0.3 is 9.88 Å². The molecule has 4 heteroatoms. The number of hydrogen-bond donors (Lipinski definition) is 1. The maximum absolute atomic E-state index is 4.64. The van der Waals surface area contributed by atoms with E-state index in [2.05, 4.69) is 39.0 Å². The van der Waals surface area contributed by atoms with Gasteiger partial charge in [-0.2, -0.15) is 0 Å². The molecule has 2 aromatic heterocycles. The smallest absolute Gasteiger partial charge is 0.123 e. The number of pyridine rings is 1. The number of hydrogen-bond acceptors (Lipinski definition) is 3. The first kappa shape index (κ1) is 12.8. The van der Waals surface area contributed by atoms with Gasteiger partial charge in [0.15, 0.2) is 0 Å². The van der Waals surface area contributed by atoms with Crippen LogP contribution in [0.5, 0.6) is 0 Å². The minimum atomic E-state index is 0.776. The molecule has 0 saturated carbocycles. The summed E-state index contributed by atoms with van der Waals surface area (Å²) in [7, 11) is 2.06. The molecule has 102 valence electrons. The molecule has 0 aliphatic rings. The predicted octanol–water partition coefficient (Wildman–Crippen LogP) is 2.30. The first-order valence-electron chi connectivity index (χ1n) is 6.85. The van der Waals surface area contributed by atoms with Gasteiger partial charge in [0.05, 0.1) is 17.6 Å². The molecular formula is C16H18N4. The zero-order valence-corrected chi connectivity index (χ0v) is 11.6. The number of aromatic nitrogens is 3. The van der Waals surface area contributed by atoms with Gasteiger partial charge in [0.1, 0.15) is 5.82 Å². The highest BCUT2D eigenvalue weighted by Crippen LogP contribution is 2.13. The van der Waals surface area contributed by atoms with Gasteiger partial charge >= 0.3 is 0 Å². The Balaban J connectivity index is 1.59. The Bertz CT molecular complexity index is 688. The second kappa shape index (κ2) is 5.84. The molecule has 3 rings (SSSR count). The van der Waals surface area contributed by atoms with Crippen molar-refractivity contribution >= 4 is 11.0 Å². The van der Waals surface area contributed by atoms with Crippen LogP contribution in [-0.4, -0.2) is 21.1 Å². The third kappa shape index (κ3) is 2.70. The zero-order chi connectivity index (χ0) is 13.8. The lowest BCUT2D eigenvalue weighted by molar-refractivity contribution is 0.638. The molecule has 0 bridgehead atoms. The van der Waals surface area contributed by atoms with E-state index in [1.165, 1.54) is 5.52 Å². The van der Waals surface area contributed by atoms with Gasteiger partial charge in [-0.15, -0.1) is 0 Å². The highest BCUT2D eigenvalue weighted by atomic mass is 15.1. The minimum absolute atomic E-state index is 0.776. The van der Waals surface area contributed by atoms with Crippen LogP contribution >= 0.6 is 0 Å². The monoisotopic (exact) mass is 266 g/mol. The summed E-state index contributed by atoms with van der Waals surface area (Å²) in [4.78, 5) is 8.96. The Labute approximate surface area is 118 Å².